The molecule has 2 heterocycles. The van der Waals surface area contributed by atoms with Gasteiger partial charge in [-0.2, -0.15) is 0 Å². The molecule has 2 saturated heterocycles. The predicted molar refractivity (Wildman–Crippen MR) is 80.1 cm³/mol. The van der Waals surface area contributed by atoms with Gasteiger partial charge in [-0.1, -0.05) is 6.92 Å². The Kier molecular flexibility index (Phi) is 5.99. The van der Waals surface area contributed by atoms with E-state index < -0.39 is 5.97 Å². The molecule has 0 aliphatic carbocycles. The SMILES string of the molecule is CCNCCC(=O)N1CCC(N2CCCC2C(=O)O)CC1. The number of aliphatic carboxylic acids is 1. The molecule has 0 saturated carbocycles. The van der Waals surface area contributed by atoms with Gasteiger partial charge in [0.1, 0.15) is 6.04 Å². The molecule has 1 amide bonds. The average molecular weight is 297 g/mol. The quantitative estimate of drug-likeness (QED) is 0.700. The van der Waals surface area contributed by atoms with E-state index in [4.69, 9.17) is 0 Å². The number of hydrogen-bond acceptors (Lipinski definition) is 4. The van der Waals surface area contributed by atoms with Crippen LogP contribution in [-0.2, 0) is 9.59 Å². The Morgan fingerprint density at radius 2 is 1.90 bits per heavy atom. The lowest BCUT2D eigenvalue weighted by atomic mass is 10.0. The Labute approximate surface area is 126 Å². The minimum atomic E-state index is -0.698. The van der Waals surface area contributed by atoms with Crippen LogP contribution < -0.4 is 5.32 Å². The highest BCUT2D eigenvalue weighted by Gasteiger charge is 2.37. The van der Waals surface area contributed by atoms with Crippen LogP contribution in [0, 0.1) is 0 Å². The number of piperidine rings is 1. The first kappa shape index (κ1) is 16.2. The average Bonchev–Trinajstić information content (AvgIpc) is 2.97. The van der Waals surface area contributed by atoms with Crippen LogP contribution in [0.15, 0.2) is 0 Å². The van der Waals surface area contributed by atoms with Gasteiger partial charge < -0.3 is 15.3 Å². The van der Waals surface area contributed by atoms with Gasteiger partial charge in [0.25, 0.3) is 0 Å². The Balaban J connectivity index is 1.77. The van der Waals surface area contributed by atoms with Gasteiger partial charge in [-0.3, -0.25) is 14.5 Å². The number of rotatable bonds is 6. The molecule has 6 nitrogen and oxygen atoms in total. The molecule has 2 N–H and O–H groups in total. The summed E-state index contributed by atoms with van der Waals surface area (Å²) in [5, 5.41) is 12.4. The van der Waals surface area contributed by atoms with Gasteiger partial charge in [-0.25, -0.2) is 0 Å². The zero-order valence-corrected chi connectivity index (χ0v) is 12.9. The highest BCUT2D eigenvalue weighted by Crippen LogP contribution is 2.26. The number of amides is 1. The number of carboxylic acid groups (broad SMARTS) is 1. The lowest BCUT2D eigenvalue weighted by Crippen LogP contribution is -2.50. The molecule has 0 aromatic carbocycles. The zero-order valence-electron chi connectivity index (χ0n) is 12.9. The number of hydrogen-bond donors (Lipinski definition) is 2. The van der Waals surface area contributed by atoms with Crippen molar-refractivity contribution in [3.8, 4) is 0 Å². The van der Waals surface area contributed by atoms with E-state index in [2.05, 4.69) is 10.2 Å². The van der Waals surface area contributed by atoms with E-state index in [1.165, 1.54) is 0 Å². The molecule has 2 rings (SSSR count). The molecule has 1 atom stereocenters. The smallest absolute Gasteiger partial charge is 0.320 e. The second-order valence-electron chi connectivity index (χ2n) is 5.95. The van der Waals surface area contributed by atoms with Crippen LogP contribution >= 0.6 is 0 Å². The molecule has 120 valence electrons. The van der Waals surface area contributed by atoms with Crippen molar-refractivity contribution in [3.05, 3.63) is 0 Å². The van der Waals surface area contributed by atoms with Gasteiger partial charge in [-0.05, 0) is 38.8 Å². The van der Waals surface area contributed by atoms with Crippen molar-refractivity contribution in [1.82, 2.24) is 15.1 Å². The number of carbonyl (C=O) groups excluding carboxylic acids is 1. The van der Waals surface area contributed by atoms with Gasteiger partial charge in [0.05, 0.1) is 0 Å². The Morgan fingerprint density at radius 3 is 2.52 bits per heavy atom. The third-order valence-corrected chi connectivity index (χ3v) is 4.63. The van der Waals surface area contributed by atoms with E-state index in [0.29, 0.717) is 12.5 Å². The zero-order chi connectivity index (χ0) is 15.2. The molecule has 0 bridgehead atoms. The summed E-state index contributed by atoms with van der Waals surface area (Å²) in [5.41, 5.74) is 0. The minimum absolute atomic E-state index is 0.214. The summed E-state index contributed by atoms with van der Waals surface area (Å²) >= 11 is 0. The first-order valence-corrected chi connectivity index (χ1v) is 8.10. The van der Waals surface area contributed by atoms with E-state index in [1.807, 2.05) is 11.8 Å². The van der Waals surface area contributed by atoms with E-state index >= 15 is 0 Å². The Hall–Kier alpha value is -1.14. The number of nitrogens with one attached hydrogen (secondary N) is 1. The largest absolute Gasteiger partial charge is 0.480 e. The number of carboxylic acids is 1. The van der Waals surface area contributed by atoms with Crippen molar-refractivity contribution < 1.29 is 14.7 Å². The lowest BCUT2D eigenvalue weighted by Gasteiger charge is -2.38. The number of carbonyl (C=O) groups is 2. The summed E-state index contributed by atoms with van der Waals surface area (Å²) in [6.45, 7) is 6.07. The second-order valence-corrected chi connectivity index (χ2v) is 5.95. The molecule has 21 heavy (non-hydrogen) atoms. The maximum atomic E-state index is 12.1. The standard InChI is InChI=1S/C15H27N3O3/c1-2-16-8-5-14(19)17-10-6-12(7-11-17)18-9-3-4-13(18)15(20)21/h12-13,16H,2-11H2,1H3,(H,20,21). The maximum absolute atomic E-state index is 12.1. The molecule has 0 radical (unpaired) electrons. The first-order valence-electron chi connectivity index (χ1n) is 8.10. The molecular formula is C15H27N3O3. The molecule has 2 aliphatic rings. The van der Waals surface area contributed by atoms with Crippen molar-refractivity contribution >= 4 is 11.9 Å². The highest BCUT2D eigenvalue weighted by molar-refractivity contribution is 5.76. The molecule has 2 fully saturated rings. The van der Waals surface area contributed by atoms with Crippen molar-refractivity contribution in [2.24, 2.45) is 0 Å². The van der Waals surface area contributed by atoms with Crippen molar-refractivity contribution in [2.75, 3.05) is 32.7 Å². The van der Waals surface area contributed by atoms with E-state index in [0.717, 1.165) is 58.4 Å². The molecule has 1 unspecified atom stereocenters. The fourth-order valence-electron chi connectivity index (χ4n) is 3.47. The highest BCUT2D eigenvalue weighted by atomic mass is 16.4. The van der Waals surface area contributed by atoms with Crippen molar-refractivity contribution in [3.63, 3.8) is 0 Å². The van der Waals surface area contributed by atoms with E-state index in [-0.39, 0.29) is 11.9 Å². The van der Waals surface area contributed by atoms with Gasteiger partial charge in [0.15, 0.2) is 0 Å². The maximum Gasteiger partial charge on any atom is 0.320 e. The van der Waals surface area contributed by atoms with E-state index in [1.54, 1.807) is 0 Å². The summed E-state index contributed by atoms with van der Waals surface area (Å²) in [7, 11) is 0. The molecule has 0 spiro atoms. The summed E-state index contributed by atoms with van der Waals surface area (Å²) in [4.78, 5) is 27.4. The fourth-order valence-corrected chi connectivity index (χ4v) is 3.47. The third-order valence-electron chi connectivity index (χ3n) is 4.63. The van der Waals surface area contributed by atoms with Crippen molar-refractivity contribution in [1.29, 1.82) is 0 Å². The topological polar surface area (TPSA) is 72.9 Å². The molecular weight excluding hydrogens is 270 g/mol. The summed E-state index contributed by atoms with van der Waals surface area (Å²) in [5.74, 6) is -0.484. The number of nitrogens with zero attached hydrogens (tertiary/aromatic N) is 2. The molecule has 2 aliphatic heterocycles. The van der Waals surface area contributed by atoms with Crippen LogP contribution in [0.1, 0.15) is 39.0 Å². The minimum Gasteiger partial charge on any atom is -0.480 e. The Bertz CT molecular complexity index is 367. The predicted octanol–water partition coefficient (Wildman–Crippen LogP) is 0.526. The monoisotopic (exact) mass is 297 g/mol. The fraction of sp³-hybridized carbons (Fsp3) is 0.867. The van der Waals surface area contributed by atoms with Crippen LogP contribution in [-0.4, -0.2) is 71.6 Å². The number of likely N-dealkylation sites (tertiary alicyclic amines) is 2. The van der Waals surface area contributed by atoms with Crippen LogP contribution in [0.4, 0.5) is 0 Å². The molecule has 0 aromatic heterocycles. The van der Waals surface area contributed by atoms with E-state index in [9.17, 15) is 14.7 Å². The summed E-state index contributed by atoms with van der Waals surface area (Å²) < 4.78 is 0. The molecule has 0 aromatic rings. The van der Waals surface area contributed by atoms with Gasteiger partial charge in [-0.15, -0.1) is 0 Å². The molecule has 6 heteroatoms. The van der Waals surface area contributed by atoms with Crippen LogP contribution in [0.2, 0.25) is 0 Å². The van der Waals surface area contributed by atoms with Gasteiger partial charge in [0.2, 0.25) is 5.91 Å². The van der Waals surface area contributed by atoms with Gasteiger partial charge in [0, 0.05) is 32.1 Å². The Morgan fingerprint density at radius 1 is 1.19 bits per heavy atom. The van der Waals surface area contributed by atoms with Gasteiger partial charge >= 0.3 is 5.97 Å². The normalized spacial score (nSPS) is 24.4. The van der Waals surface area contributed by atoms with Crippen molar-refractivity contribution in [2.45, 2.75) is 51.1 Å². The third kappa shape index (κ3) is 4.17. The van der Waals surface area contributed by atoms with Crippen LogP contribution in [0.25, 0.3) is 0 Å². The second kappa shape index (κ2) is 7.75. The first-order chi connectivity index (χ1) is 10.1. The van der Waals surface area contributed by atoms with Crippen LogP contribution in [0.5, 0.6) is 0 Å². The lowest BCUT2D eigenvalue weighted by molar-refractivity contribution is -0.144. The summed E-state index contributed by atoms with van der Waals surface area (Å²) in [6, 6.07) is 0.0115. The summed E-state index contributed by atoms with van der Waals surface area (Å²) in [6.07, 6.45) is 4.09. The van der Waals surface area contributed by atoms with Crippen LogP contribution in [0.3, 0.4) is 0 Å².